The van der Waals surface area contributed by atoms with Crippen molar-refractivity contribution in [3.05, 3.63) is 42.1 Å². The average molecular weight is 341 g/mol. The number of amides is 2. The minimum atomic E-state index is -0.344. The summed E-state index contributed by atoms with van der Waals surface area (Å²) < 4.78 is 11.0. The van der Waals surface area contributed by atoms with E-state index in [4.69, 9.17) is 9.26 Å². The molecule has 0 radical (unpaired) electrons. The van der Waals surface area contributed by atoms with Crippen molar-refractivity contribution in [1.29, 1.82) is 0 Å². The van der Waals surface area contributed by atoms with E-state index in [1.165, 1.54) is 0 Å². The number of carbonyl (C=O) groups is 2. The fraction of sp³-hybridized carbons (Fsp3) is 0.389. The molecule has 0 bridgehead atoms. The molecule has 0 aliphatic carbocycles. The molecule has 2 aromatic rings. The molecule has 1 aromatic heterocycles. The normalized spacial score (nSPS) is 19.7. The fourth-order valence-corrected chi connectivity index (χ4v) is 3.30. The molecule has 1 spiro atoms. The second-order valence-electron chi connectivity index (χ2n) is 6.48. The van der Waals surface area contributed by atoms with Crippen LogP contribution in [0, 0.1) is 0 Å². The molecule has 0 unspecified atom stereocenters. The Labute approximate surface area is 144 Å². The molecule has 2 saturated heterocycles. The number of likely N-dealkylation sites (tertiary alicyclic amines) is 1. The predicted octanol–water partition coefficient (Wildman–Crippen LogP) is 1.46. The maximum absolute atomic E-state index is 12.7. The highest BCUT2D eigenvalue weighted by Gasteiger charge is 2.40. The van der Waals surface area contributed by atoms with Gasteiger partial charge in [0, 0.05) is 31.3 Å². The lowest BCUT2D eigenvalue weighted by molar-refractivity contribution is -0.149. The van der Waals surface area contributed by atoms with Crippen LogP contribution >= 0.6 is 0 Å². The van der Waals surface area contributed by atoms with Gasteiger partial charge < -0.3 is 19.5 Å². The molecule has 0 saturated carbocycles. The Bertz CT molecular complexity index is 767. The lowest BCUT2D eigenvalue weighted by Gasteiger charge is -2.43. The van der Waals surface area contributed by atoms with Crippen molar-refractivity contribution in [3.8, 4) is 11.3 Å². The number of rotatable bonds is 2. The van der Waals surface area contributed by atoms with Gasteiger partial charge >= 0.3 is 0 Å². The molecule has 25 heavy (non-hydrogen) atoms. The van der Waals surface area contributed by atoms with E-state index in [1.807, 2.05) is 30.3 Å². The molecular weight excluding hydrogens is 322 g/mol. The monoisotopic (exact) mass is 341 g/mol. The summed E-state index contributed by atoms with van der Waals surface area (Å²) in [5, 5.41) is 6.77. The van der Waals surface area contributed by atoms with E-state index in [2.05, 4.69) is 10.5 Å². The topological polar surface area (TPSA) is 84.7 Å². The van der Waals surface area contributed by atoms with Crippen molar-refractivity contribution < 1.29 is 18.8 Å². The molecule has 1 aromatic carbocycles. The molecule has 4 rings (SSSR count). The van der Waals surface area contributed by atoms with Crippen LogP contribution in [0.5, 0.6) is 0 Å². The first-order valence-corrected chi connectivity index (χ1v) is 8.37. The van der Waals surface area contributed by atoms with Gasteiger partial charge in [0.1, 0.15) is 6.61 Å². The fourth-order valence-electron chi connectivity index (χ4n) is 3.30. The Morgan fingerprint density at radius 2 is 1.96 bits per heavy atom. The second kappa shape index (κ2) is 6.33. The number of carbonyl (C=O) groups excluding carboxylic acids is 2. The highest BCUT2D eigenvalue weighted by atomic mass is 16.5. The summed E-state index contributed by atoms with van der Waals surface area (Å²) in [6.07, 6.45) is 1.39. The molecule has 2 aliphatic rings. The van der Waals surface area contributed by atoms with Gasteiger partial charge in [0.05, 0.1) is 5.60 Å². The van der Waals surface area contributed by atoms with Gasteiger partial charge in [-0.2, -0.15) is 0 Å². The highest BCUT2D eigenvalue weighted by molar-refractivity contribution is 5.93. The zero-order valence-corrected chi connectivity index (χ0v) is 13.7. The molecule has 2 fully saturated rings. The molecule has 1 N–H and O–H groups in total. The molecule has 2 amide bonds. The third-order valence-corrected chi connectivity index (χ3v) is 4.87. The third-order valence-electron chi connectivity index (χ3n) is 4.87. The summed E-state index contributed by atoms with van der Waals surface area (Å²) >= 11 is 0. The Morgan fingerprint density at radius 3 is 2.64 bits per heavy atom. The van der Waals surface area contributed by atoms with Crippen molar-refractivity contribution in [1.82, 2.24) is 15.4 Å². The second-order valence-corrected chi connectivity index (χ2v) is 6.48. The molecule has 7 heteroatoms. The standard InChI is InChI=1S/C18H19N3O4/c22-16-11-24-18(12-19-16)6-8-21(9-7-18)17(23)14-10-15(25-20-14)13-4-2-1-3-5-13/h1-5,10H,6-9,11-12H2,(H,19,22). The number of nitrogens with zero attached hydrogens (tertiary/aromatic N) is 2. The van der Waals surface area contributed by atoms with E-state index in [1.54, 1.807) is 11.0 Å². The van der Waals surface area contributed by atoms with Gasteiger partial charge in [-0.25, -0.2) is 0 Å². The van der Waals surface area contributed by atoms with Gasteiger partial charge in [-0.3, -0.25) is 9.59 Å². The van der Waals surface area contributed by atoms with Crippen LogP contribution in [0.2, 0.25) is 0 Å². The van der Waals surface area contributed by atoms with E-state index < -0.39 is 0 Å². The average Bonchev–Trinajstić information content (AvgIpc) is 3.15. The smallest absolute Gasteiger partial charge is 0.276 e. The number of hydrogen-bond acceptors (Lipinski definition) is 5. The summed E-state index contributed by atoms with van der Waals surface area (Å²) in [7, 11) is 0. The van der Waals surface area contributed by atoms with Gasteiger partial charge in [-0.15, -0.1) is 0 Å². The van der Waals surface area contributed by atoms with Crippen molar-refractivity contribution in [2.45, 2.75) is 18.4 Å². The van der Waals surface area contributed by atoms with Crippen LogP contribution in [0.1, 0.15) is 23.3 Å². The number of aromatic nitrogens is 1. The quantitative estimate of drug-likeness (QED) is 0.894. The van der Waals surface area contributed by atoms with Crippen molar-refractivity contribution in [3.63, 3.8) is 0 Å². The number of benzene rings is 1. The molecule has 130 valence electrons. The van der Waals surface area contributed by atoms with Crippen molar-refractivity contribution in [2.75, 3.05) is 26.2 Å². The number of ether oxygens (including phenoxy) is 1. The number of hydrogen-bond donors (Lipinski definition) is 1. The Morgan fingerprint density at radius 1 is 1.20 bits per heavy atom. The van der Waals surface area contributed by atoms with Crippen LogP contribution in [-0.2, 0) is 9.53 Å². The highest BCUT2D eigenvalue weighted by Crippen LogP contribution is 2.29. The lowest BCUT2D eigenvalue weighted by Crippen LogP contribution is -2.58. The van der Waals surface area contributed by atoms with E-state index >= 15 is 0 Å². The van der Waals surface area contributed by atoms with E-state index in [0.717, 1.165) is 5.56 Å². The first-order valence-electron chi connectivity index (χ1n) is 8.37. The molecule has 3 heterocycles. The van der Waals surface area contributed by atoms with Gasteiger partial charge in [0.2, 0.25) is 5.91 Å². The van der Waals surface area contributed by atoms with Gasteiger partial charge in [0.25, 0.3) is 5.91 Å². The summed E-state index contributed by atoms with van der Waals surface area (Å²) in [6.45, 7) is 1.75. The number of piperidine rings is 1. The summed E-state index contributed by atoms with van der Waals surface area (Å²) in [4.78, 5) is 25.7. The third kappa shape index (κ3) is 3.15. The minimum absolute atomic E-state index is 0.0832. The van der Waals surface area contributed by atoms with E-state index in [-0.39, 0.29) is 24.0 Å². The van der Waals surface area contributed by atoms with Crippen LogP contribution in [0.3, 0.4) is 0 Å². The summed E-state index contributed by atoms with van der Waals surface area (Å²) in [6, 6.07) is 11.2. The molecule has 2 aliphatic heterocycles. The summed E-state index contributed by atoms with van der Waals surface area (Å²) in [5.74, 6) is 0.358. The van der Waals surface area contributed by atoms with Crippen molar-refractivity contribution >= 4 is 11.8 Å². The van der Waals surface area contributed by atoms with Crippen LogP contribution in [-0.4, -0.2) is 53.7 Å². The maximum Gasteiger partial charge on any atom is 0.276 e. The molecule has 7 nitrogen and oxygen atoms in total. The zero-order valence-electron chi connectivity index (χ0n) is 13.7. The van der Waals surface area contributed by atoms with Gasteiger partial charge in [-0.1, -0.05) is 35.5 Å². The van der Waals surface area contributed by atoms with Crippen molar-refractivity contribution in [2.24, 2.45) is 0 Å². The predicted molar refractivity (Wildman–Crippen MR) is 88.8 cm³/mol. The van der Waals surface area contributed by atoms with Gasteiger partial charge in [-0.05, 0) is 12.8 Å². The number of morpholine rings is 1. The first kappa shape index (κ1) is 15.8. The number of nitrogens with one attached hydrogen (secondary N) is 1. The van der Waals surface area contributed by atoms with E-state index in [0.29, 0.717) is 43.9 Å². The van der Waals surface area contributed by atoms with Gasteiger partial charge in [0.15, 0.2) is 11.5 Å². The molecule has 0 atom stereocenters. The Hall–Kier alpha value is -2.67. The SMILES string of the molecule is O=C1COC2(CCN(C(=O)c3cc(-c4ccccc4)on3)CC2)CN1. The largest absolute Gasteiger partial charge is 0.363 e. The Balaban J connectivity index is 1.41. The molecular formula is C18H19N3O4. The summed E-state index contributed by atoms with van der Waals surface area (Å²) in [5.41, 5.74) is 0.856. The first-order chi connectivity index (χ1) is 12.2. The maximum atomic E-state index is 12.7. The minimum Gasteiger partial charge on any atom is -0.363 e. The van der Waals surface area contributed by atoms with Crippen LogP contribution < -0.4 is 5.32 Å². The van der Waals surface area contributed by atoms with E-state index in [9.17, 15) is 9.59 Å². The zero-order chi connectivity index (χ0) is 17.3. The van der Waals surface area contributed by atoms with Crippen LogP contribution in [0.15, 0.2) is 40.9 Å². The van der Waals surface area contributed by atoms with Crippen LogP contribution in [0.25, 0.3) is 11.3 Å². The Kier molecular flexibility index (Phi) is 4.01. The van der Waals surface area contributed by atoms with Crippen LogP contribution in [0.4, 0.5) is 0 Å². The lowest BCUT2D eigenvalue weighted by atomic mass is 9.90.